The van der Waals surface area contributed by atoms with Crippen LogP contribution in [0.15, 0.2) is 29.4 Å². The number of piperazine rings is 1. The number of carbonyl (C=O) groups is 1. The molecule has 1 saturated heterocycles. The van der Waals surface area contributed by atoms with E-state index in [0.29, 0.717) is 17.7 Å². The number of benzene rings is 1. The molecule has 1 aromatic heterocycles. The van der Waals surface area contributed by atoms with E-state index in [2.05, 4.69) is 14.8 Å². The van der Waals surface area contributed by atoms with E-state index in [1.165, 1.54) is 50.3 Å². The summed E-state index contributed by atoms with van der Waals surface area (Å²) in [6.45, 7) is 5.84. The first-order valence-electron chi connectivity index (χ1n) is 12.9. The van der Waals surface area contributed by atoms with Crippen LogP contribution in [0.4, 0.5) is 0 Å². The minimum Gasteiger partial charge on any atom is -0.508 e. The normalized spacial score (nSPS) is 30.7. The molecule has 182 valence electrons. The predicted octanol–water partition coefficient (Wildman–Crippen LogP) is 4.22. The lowest BCUT2D eigenvalue weighted by Crippen LogP contribution is -2.64. The molecule has 34 heavy (non-hydrogen) atoms. The number of H-pyrrole nitrogens is 1. The Morgan fingerprint density at radius 2 is 1.68 bits per heavy atom. The van der Waals surface area contributed by atoms with Gasteiger partial charge in [-0.05, 0) is 80.9 Å². The van der Waals surface area contributed by atoms with Crippen LogP contribution in [0.25, 0.3) is 0 Å². The van der Waals surface area contributed by atoms with Crippen LogP contribution in [0, 0.1) is 24.7 Å². The van der Waals surface area contributed by atoms with Crippen molar-refractivity contribution in [1.82, 2.24) is 19.8 Å². The van der Waals surface area contributed by atoms with Gasteiger partial charge in [-0.1, -0.05) is 23.9 Å². The van der Waals surface area contributed by atoms with Crippen molar-refractivity contribution in [1.29, 1.82) is 0 Å². The molecular formula is C27H36N4O2S. The Morgan fingerprint density at radius 1 is 1.06 bits per heavy atom. The topological polar surface area (TPSA) is 72.5 Å². The second kappa shape index (κ2) is 8.90. The molecule has 1 amide bonds. The molecule has 5 aliphatic rings. The van der Waals surface area contributed by atoms with Crippen molar-refractivity contribution in [3.63, 3.8) is 0 Å². The zero-order valence-corrected chi connectivity index (χ0v) is 20.9. The van der Waals surface area contributed by atoms with E-state index in [1.54, 1.807) is 12.1 Å². The van der Waals surface area contributed by atoms with Gasteiger partial charge in [0.25, 0.3) is 0 Å². The van der Waals surface area contributed by atoms with E-state index in [9.17, 15) is 9.90 Å². The van der Waals surface area contributed by atoms with Crippen LogP contribution in [0.5, 0.6) is 5.75 Å². The van der Waals surface area contributed by atoms with Crippen LogP contribution in [-0.4, -0.2) is 68.3 Å². The second-order valence-electron chi connectivity index (χ2n) is 11.3. The van der Waals surface area contributed by atoms with Crippen LogP contribution in [0.2, 0.25) is 0 Å². The summed E-state index contributed by atoms with van der Waals surface area (Å²) >= 11 is 1.51. The summed E-state index contributed by atoms with van der Waals surface area (Å²) in [5.74, 6) is 3.84. The first-order chi connectivity index (χ1) is 16.5. The summed E-state index contributed by atoms with van der Waals surface area (Å²) in [5.41, 5.74) is 3.59. The Labute approximate surface area is 206 Å². The van der Waals surface area contributed by atoms with E-state index in [1.807, 2.05) is 19.1 Å². The molecule has 4 bridgehead atoms. The van der Waals surface area contributed by atoms with Gasteiger partial charge in [0, 0.05) is 43.8 Å². The number of aromatic hydroxyl groups is 1. The van der Waals surface area contributed by atoms with Gasteiger partial charge >= 0.3 is 0 Å². The fourth-order valence-corrected chi connectivity index (χ4v) is 8.46. The molecule has 7 rings (SSSR count). The number of imidazole rings is 1. The number of aromatic nitrogens is 2. The van der Waals surface area contributed by atoms with Crippen molar-refractivity contribution >= 4 is 17.7 Å². The highest BCUT2D eigenvalue weighted by Gasteiger charge is 2.53. The lowest BCUT2D eigenvalue weighted by atomic mass is 9.52. The molecule has 0 spiro atoms. The molecule has 0 radical (unpaired) electrons. The van der Waals surface area contributed by atoms with E-state index < -0.39 is 0 Å². The summed E-state index contributed by atoms with van der Waals surface area (Å²) in [4.78, 5) is 25.9. The van der Waals surface area contributed by atoms with Gasteiger partial charge in [0.15, 0.2) is 5.16 Å². The highest BCUT2D eigenvalue weighted by molar-refractivity contribution is 7.99. The van der Waals surface area contributed by atoms with Gasteiger partial charge in [-0.3, -0.25) is 9.69 Å². The zero-order valence-electron chi connectivity index (χ0n) is 20.1. The van der Waals surface area contributed by atoms with E-state index in [-0.39, 0.29) is 11.7 Å². The van der Waals surface area contributed by atoms with Gasteiger partial charge in [-0.25, -0.2) is 4.98 Å². The maximum absolute atomic E-state index is 13.0. The standard InChI is InChI=1S/C27H36N4O2S/c1-18-24(13-19-2-4-23(32)5-3-19)29-26(28-18)34-17-25(33)30-6-8-31(9-7-30)27-14-20-10-21(15-27)12-22(11-20)16-27/h2-5,20-22,32H,6-17H2,1H3,(H,28,29). The van der Waals surface area contributed by atoms with Crippen molar-refractivity contribution < 1.29 is 9.90 Å². The number of phenols is 1. The number of nitrogens with zero attached hydrogens (tertiary/aromatic N) is 3. The summed E-state index contributed by atoms with van der Waals surface area (Å²) in [6.07, 6.45) is 9.39. The average Bonchev–Trinajstić information content (AvgIpc) is 3.17. The van der Waals surface area contributed by atoms with Crippen molar-refractivity contribution in [2.45, 2.75) is 62.6 Å². The number of phenolic OH excluding ortho intramolecular Hbond substituents is 1. The Balaban J connectivity index is 1.01. The fourth-order valence-electron chi connectivity index (χ4n) is 7.62. The van der Waals surface area contributed by atoms with Crippen LogP contribution >= 0.6 is 11.8 Å². The molecule has 2 N–H and O–H groups in total. The van der Waals surface area contributed by atoms with Gasteiger partial charge < -0.3 is 15.0 Å². The SMILES string of the molecule is Cc1[nH]c(SCC(=O)N2CCN(C34CC5CC(CC(C5)C3)C4)CC2)nc1Cc1ccc(O)cc1. The predicted molar refractivity (Wildman–Crippen MR) is 134 cm³/mol. The Morgan fingerprint density at radius 3 is 2.29 bits per heavy atom. The Hall–Kier alpha value is -1.99. The van der Waals surface area contributed by atoms with Gasteiger partial charge in [-0.15, -0.1) is 0 Å². The number of aromatic amines is 1. The number of hydrogen-bond acceptors (Lipinski definition) is 5. The van der Waals surface area contributed by atoms with Gasteiger partial charge in [-0.2, -0.15) is 0 Å². The minimum absolute atomic E-state index is 0.226. The number of hydrogen-bond donors (Lipinski definition) is 2. The highest BCUT2D eigenvalue weighted by atomic mass is 32.2. The summed E-state index contributed by atoms with van der Waals surface area (Å²) in [7, 11) is 0. The first kappa shape index (κ1) is 22.5. The summed E-state index contributed by atoms with van der Waals surface area (Å²) in [5, 5.41) is 10.3. The smallest absolute Gasteiger partial charge is 0.233 e. The average molecular weight is 481 g/mol. The minimum atomic E-state index is 0.226. The molecule has 7 heteroatoms. The molecular weight excluding hydrogens is 444 g/mol. The Kier molecular flexibility index (Phi) is 5.88. The van der Waals surface area contributed by atoms with Crippen molar-refractivity contribution in [2.24, 2.45) is 17.8 Å². The number of thioether (sulfide) groups is 1. The van der Waals surface area contributed by atoms with E-state index in [0.717, 1.165) is 66.0 Å². The number of nitrogens with one attached hydrogen (secondary N) is 1. The van der Waals surface area contributed by atoms with Gasteiger partial charge in [0.1, 0.15) is 5.75 Å². The monoisotopic (exact) mass is 480 g/mol. The van der Waals surface area contributed by atoms with Crippen molar-refractivity contribution in [2.75, 3.05) is 31.9 Å². The molecule has 4 saturated carbocycles. The second-order valence-corrected chi connectivity index (χ2v) is 12.2. The maximum Gasteiger partial charge on any atom is 0.233 e. The summed E-state index contributed by atoms with van der Waals surface area (Å²) in [6, 6.07) is 7.24. The Bertz CT molecular complexity index is 1010. The lowest BCUT2D eigenvalue weighted by Gasteiger charge is -2.61. The van der Waals surface area contributed by atoms with Crippen LogP contribution in [0.1, 0.15) is 55.5 Å². The molecule has 5 fully saturated rings. The number of aryl methyl sites for hydroxylation is 1. The third-order valence-corrected chi connectivity index (χ3v) is 9.77. The molecule has 0 unspecified atom stereocenters. The third kappa shape index (κ3) is 4.37. The number of carbonyl (C=O) groups excluding carboxylic acids is 1. The molecule has 1 aliphatic heterocycles. The van der Waals surface area contributed by atoms with E-state index in [4.69, 9.17) is 4.98 Å². The van der Waals surface area contributed by atoms with Gasteiger partial charge in [0.2, 0.25) is 5.91 Å². The van der Waals surface area contributed by atoms with Gasteiger partial charge in [0.05, 0.1) is 11.4 Å². The zero-order chi connectivity index (χ0) is 23.3. The lowest BCUT2D eigenvalue weighted by molar-refractivity contribution is -0.135. The quantitative estimate of drug-likeness (QED) is 0.606. The summed E-state index contributed by atoms with van der Waals surface area (Å²) < 4.78 is 0. The third-order valence-electron chi connectivity index (χ3n) is 8.91. The van der Waals surface area contributed by atoms with E-state index >= 15 is 0 Å². The highest BCUT2D eigenvalue weighted by Crippen LogP contribution is 2.57. The number of amides is 1. The van der Waals surface area contributed by atoms with Crippen molar-refractivity contribution in [3.8, 4) is 5.75 Å². The molecule has 2 heterocycles. The maximum atomic E-state index is 13.0. The molecule has 4 aliphatic carbocycles. The number of rotatable bonds is 6. The van der Waals surface area contributed by atoms with Crippen molar-refractivity contribution in [3.05, 3.63) is 41.2 Å². The van der Waals surface area contributed by atoms with Crippen LogP contribution in [0.3, 0.4) is 0 Å². The molecule has 1 aromatic carbocycles. The van der Waals surface area contributed by atoms with Crippen LogP contribution in [-0.2, 0) is 11.2 Å². The molecule has 2 aromatic rings. The van der Waals surface area contributed by atoms with Crippen LogP contribution < -0.4 is 0 Å². The fraction of sp³-hybridized carbons (Fsp3) is 0.630. The molecule has 0 atom stereocenters. The first-order valence-corrected chi connectivity index (χ1v) is 13.9. The molecule has 6 nitrogen and oxygen atoms in total. The largest absolute Gasteiger partial charge is 0.508 e.